The number of hydrazine groups is 1. The average molecular weight is 401 g/mol. The fourth-order valence-electron chi connectivity index (χ4n) is 2.89. The van der Waals surface area contributed by atoms with Gasteiger partial charge in [-0.05, 0) is 53.3 Å². The van der Waals surface area contributed by atoms with E-state index in [-0.39, 0.29) is 16.2 Å². The van der Waals surface area contributed by atoms with Gasteiger partial charge in [-0.3, -0.25) is 15.0 Å². The largest absolute Gasteiger partial charge is 0.326 e. The molecule has 3 rings (SSSR count). The number of aryl methyl sites for hydroxylation is 1. The Morgan fingerprint density at radius 1 is 1.04 bits per heavy atom. The van der Waals surface area contributed by atoms with Gasteiger partial charge in [-0.2, -0.15) is 0 Å². The summed E-state index contributed by atoms with van der Waals surface area (Å²) in [6, 6.07) is 11.5. The normalized spacial score (nSPS) is 14.2. The van der Waals surface area contributed by atoms with Crippen molar-refractivity contribution in [2.75, 3.05) is 5.32 Å². The molecule has 0 radical (unpaired) electrons. The summed E-state index contributed by atoms with van der Waals surface area (Å²) in [7, 11) is -3.94. The number of benzene rings is 2. The zero-order valence-corrected chi connectivity index (χ0v) is 16.8. The molecule has 1 aliphatic heterocycles. The van der Waals surface area contributed by atoms with Crippen molar-refractivity contribution < 1.29 is 18.0 Å². The summed E-state index contributed by atoms with van der Waals surface area (Å²) < 4.78 is 25.0. The van der Waals surface area contributed by atoms with Crippen LogP contribution in [0.15, 0.2) is 47.4 Å². The lowest BCUT2D eigenvalue weighted by molar-refractivity contribution is -0.116. The number of amides is 2. The Bertz CT molecular complexity index is 1020. The second kappa shape index (κ2) is 7.37. The highest BCUT2D eigenvalue weighted by Crippen LogP contribution is 2.25. The number of carbonyl (C=O) groups excluding carboxylic acids is 2. The summed E-state index contributed by atoms with van der Waals surface area (Å²) in [5.41, 5.74) is 4.97. The van der Waals surface area contributed by atoms with Crippen LogP contribution in [-0.2, 0) is 26.7 Å². The molecule has 0 aliphatic carbocycles. The van der Waals surface area contributed by atoms with Gasteiger partial charge in [0.1, 0.15) is 0 Å². The molecule has 1 heterocycles. The smallest absolute Gasteiger partial charge is 0.266 e. The fourth-order valence-corrected chi connectivity index (χ4v) is 3.78. The lowest BCUT2D eigenvalue weighted by Crippen LogP contribution is -2.41. The van der Waals surface area contributed by atoms with Crippen LogP contribution in [0.4, 0.5) is 5.69 Å². The second-order valence-corrected chi connectivity index (χ2v) is 9.44. The molecule has 0 saturated heterocycles. The first-order chi connectivity index (χ1) is 13.1. The molecule has 0 aromatic heterocycles. The minimum atomic E-state index is -3.94. The van der Waals surface area contributed by atoms with Crippen LogP contribution in [0.1, 0.15) is 48.7 Å². The molecule has 8 heteroatoms. The minimum absolute atomic E-state index is 0.0192. The lowest BCUT2D eigenvalue weighted by atomic mass is 9.87. The van der Waals surface area contributed by atoms with Crippen molar-refractivity contribution in [2.45, 2.75) is 43.9 Å². The molecule has 1 aliphatic rings. The molecule has 0 fully saturated rings. The molecule has 2 aromatic carbocycles. The van der Waals surface area contributed by atoms with Crippen LogP contribution in [-0.4, -0.2) is 20.2 Å². The average Bonchev–Trinajstić information content (AvgIpc) is 2.65. The highest BCUT2D eigenvalue weighted by Gasteiger charge is 2.21. The quantitative estimate of drug-likeness (QED) is 0.685. The van der Waals surface area contributed by atoms with Crippen molar-refractivity contribution in [2.24, 2.45) is 0 Å². The molecule has 3 N–H and O–H groups in total. The van der Waals surface area contributed by atoms with Crippen LogP contribution in [0, 0.1) is 0 Å². The molecule has 7 nitrogen and oxygen atoms in total. The van der Waals surface area contributed by atoms with Crippen molar-refractivity contribution >= 4 is 27.5 Å². The second-order valence-electron chi connectivity index (χ2n) is 7.75. The number of rotatable bonds is 4. The molecule has 0 atom stereocenters. The van der Waals surface area contributed by atoms with E-state index in [2.05, 4.69) is 36.3 Å². The maximum atomic E-state index is 12.5. The summed E-state index contributed by atoms with van der Waals surface area (Å²) in [5.74, 6) is -0.639. The van der Waals surface area contributed by atoms with Gasteiger partial charge >= 0.3 is 0 Å². The zero-order chi connectivity index (χ0) is 20.5. The van der Waals surface area contributed by atoms with Crippen LogP contribution in [0.3, 0.4) is 0 Å². The van der Waals surface area contributed by atoms with E-state index in [0.29, 0.717) is 24.1 Å². The number of carbonyl (C=O) groups is 2. The first-order valence-electron chi connectivity index (χ1n) is 8.92. The summed E-state index contributed by atoms with van der Waals surface area (Å²) >= 11 is 0. The Hall–Kier alpha value is -2.71. The van der Waals surface area contributed by atoms with E-state index in [9.17, 15) is 18.0 Å². The van der Waals surface area contributed by atoms with Gasteiger partial charge in [0, 0.05) is 17.7 Å². The number of hydrogen-bond acceptors (Lipinski definition) is 4. The molecular weight excluding hydrogens is 378 g/mol. The monoisotopic (exact) mass is 401 g/mol. The van der Waals surface area contributed by atoms with Gasteiger partial charge in [-0.1, -0.05) is 32.9 Å². The molecule has 2 aromatic rings. The summed E-state index contributed by atoms with van der Waals surface area (Å²) in [6.07, 6.45) is 0.780. The van der Waals surface area contributed by atoms with Crippen molar-refractivity contribution in [1.82, 2.24) is 10.3 Å². The molecule has 2 amide bonds. The first kappa shape index (κ1) is 20.0. The third-order valence-corrected chi connectivity index (χ3v) is 5.84. The van der Waals surface area contributed by atoms with Crippen molar-refractivity contribution in [1.29, 1.82) is 0 Å². The molecule has 0 unspecified atom stereocenters. The van der Waals surface area contributed by atoms with Crippen LogP contribution >= 0.6 is 0 Å². The Morgan fingerprint density at radius 2 is 1.71 bits per heavy atom. The number of fused-ring (bicyclic) bond motifs is 1. The maximum Gasteiger partial charge on any atom is 0.266 e. The van der Waals surface area contributed by atoms with Gasteiger partial charge in [-0.15, -0.1) is 4.83 Å². The minimum Gasteiger partial charge on any atom is -0.326 e. The van der Waals surface area contributed by atoms with Crippen LogP contribution in [0.5, 0.6) is 0 Å². The molecule has 28 heavy (non-hydrogen) atoms. The Balaban J connectivity index is 1.69. The Labute approximate surface area is 164 Å². The van der Waals surface area contributed by atoms with Crippen LogP contribution in [0.2, 0.25) is 0 Å². The number of sulfonamides is 1. The molecule has 0 spiro atoms. The molecule has 0 bridgehead atoms. The van der Waals surface area contributed by atoms with Crippen molar-refractivity contribution in [3.8, 4) is 0 Å². The van der Waals surface area contributed by atoms with Gasteiger partial charge in [0.2, 0.25) is 5.91 Å². The predicted octanol–water partition coefficient (Wildman–Crippen LogP) is 2.49. The highest BCUT2D eigenvalue weighted by atomic mass is 32.2. The Morgan fingerprint density at radius 3 is 2.36 bits per heavy atom. The predicted molar refractivity (Wildman–Crippen MR) is 106 cm³/mol. The van der Waals surface area contributed by atoms with E-state index in [1.165, 1.54) is 12.1 Å². The fraction of sp³-hybridized carbons (Fsp3) is 0.300. The van der Waals surface area contributed by atoms with E-state index in [1.54, 1.807) is 18.2 Å². The third-order valence-electron chi connectivity index (χ3n) is 4.59. The van der Waals surface area contributed by atoms with Crippen molar-refractivity contribution in [3.63, 3.8) is 0 Å². The van der Waals surface area contributed by atoms with Crippen LogP contribution in [0.25, 0.3) is 0 Å². The number of nitrogens with one attached hydrogen (secondary N) is 3. The zero-order valence-electron chi connectivity index (χ0n) is 16.0. The number of hydrogen-bond donors (Lipinski definition) is 3. The highest BCUT2D eigenvalue weighted by molar-refractivity contribution is 7.89. The van der Waals surface area contributed by atoms with Gasteiger partial charge in [0.05, 0.1) is 4.90 Å². The Kier molecular flexibility index (Phi) is 5.27. The number of anilines is 1. The standard InChI is InChI=1S/C20H23N3O4S/c1-20(2,3)15-7-4-13(5-8-15)19(25)22-23-28(26,27)16-9-10-17-14(12-16)6-11-18(24)21-17/h4-5,7-10,12,23H,6,11H2,1-3H3,(H,21,24)(H,22,25). The van der Waals surface area contributed by atoms with Crippen LogP contribution < -0.4 is 15.6 Å². The van der Waals surface area contributed by atoms with Gasteiger partial charge < -0.3 is 5.32 Å². The van der Waals surface area contributed by atoms with E-state index in [4.69, 9.17) is 0 Å². The van der Waals surface area contributed by atoms with Gasteiger partial charge in [-0.25, -0.2) is 8.42 Å². The molecule has 0 saturated carbocycles. The molecular formula is C20H23N3O4S. The maximum absolute atomic E-state index is 12.5. The van der Waals surface area contributed by atoms with E-state index in [0.717, 1.165) is 11.1 Å². The molecule has 148 valence electrons. The van der Waals surface area contributed by atoms with Gasteiger partial charge in [0.15, 0.2) is 0 Å². The summed E-state index contributed by atoms with van der Waals surface area (Å²) in [4.78, 5) is 25.8. The topological polar surface area (TPSA) is 104 Å². The SMILES string of the molecule is CC(C)(C)c1ccc(C(=O)NNS(=O)(=O)c2ccc3c(c2)CCC(=O)N3)cc1. The summed E-state index contributed by atoms with van der Waals surface area (Å²) in [6.45, 7) is 6.21. The van der Waals surface area contributed by atoms with E-state index in [1.807, 2.05) is 12.1 Å². The lowest BCUT2D eigenvalue weighted by Gasteiger charge is -2.19. The van der Waals surface area contributed by atoms with Crippen molar-refractivity contribution in [3.05, 3.63) is 59.2 Å². The summed E-state index contributed by atoms with van der Waals surface area (Å²) in [5, 5.41) is 2.70. The van der Waals surface area contributed by atoms with E-state index >= 15 is 0 Å². The third kappa shape index (κ3) is 4.40. The van der Waals surface area contributed by atoms with E-state index < -0.39 is 15.9 Å². The van der Waals surface area contributed by atoms with Gasteiger partial charge in [0.25, 0.3) is 15.9 Å². The first-order valence-corrected chi connectivity index (χ1v) is 10.4.